The summed E-state index contributed by atoms with van der Waals surface area (Å²) in [7, 11) is 0. The highest BCUT2D eigenvalue weighted by Gasteiger charge is 2.61. The van der Waals surface area contributed by atoms with Gasteiger partial charge in [0.05, 0.1) is 39.1 Å². The van der Waals surface area contributed by atoms with Crippen LogP contribution in [-0.4, -0.2) is 84.1 Å². The molecule has 0 saturated carbocycles. The summed E-state index contributed by atoms with van der Waals surface area (Å²) in [4.78, 5) is 33.7. The lowest BCUT2D eigenvalue weighted by atomic mass is 9.56. The minimum atomic E-state index is -1.89. The number of hydrogen-bond donors (Lipinski definition) is 9. The standard InChI is InChI=1S/C14H24O9S3/c15-4-13(5-16,6-17)14(7(24)1-10(18)19,8(25)2-11(20)21)9(26)3-12(22)23/h7-9,15-17,24-26H,1-6H2,(H,18,19)(H,20,21)(H,22,23). The van der Waals surface area contributed by atoms with E-state index >= 15 is 0 Å². The lowest BCUT2D eigenvalue weighted by molar-refractivity contribution is -0.144. The largest absolute Gasteiger partial charge is 0.481 e. The Balaban J connectivity index is 6.71. The van der Waals surface area contributed by atoms with E-state index in [9.17, 15) is 29.7 Å². The van der Waals surface area contributed by atoms with Gasteiger partial charge in [-0.15, -0.1) is 0 Å². The molecule has 0 aromatic rings. The monoisotopic (exact) mass is 432 g/mol. The van der Waals surface area contributed by atoms with E-state index in [0.717, 1.165) is 0 Å². The fourth-order valence-electron chi connectivity index (χ4n) is 3.29. The highest BCUT2D eigenvalue weighted by Crippen LogP contribution is 2.55. The molecule has 0 aromatic carbocycles. The number of hydrogen-bond acceptors (Lipinski definition) is 9. The summed E-state index contributed by atoms with van der Waals surface area (Å²) in [6.07, 6.45) is -2.01. The molecule has 0 saturated heterocycles. The molecule has 3 atom stereocenters. The van der Waals surface area contributed by atoms with E-state index in [2.05, 4.69) is 37.9 Å². The number of carbonyl (C=O) groups is 3. The van der Waals surface area contributed by atoms with Crippen molar-refractivity contribution in [1.29, 1.82) is 0 Å². The van der Waals surface area contributed by atoms with Crippen LogP contribution in [0, 0.1) is 10.8 Å². The van der Waals surface area contributed by atoms with E-state index in [1.807, 2.05) is 0 Å². The lowest BCUT2D eigenvalue weighted by Gasteiger charge is -2.56. The average Bonchev–Trinajstić information content (AvgIpc) is 2.50. The Morgan fingerprint density at radius 2 is 0.885 bits per heavy atom. The van der Waals surface area contributed by atoms with Gasteiger partial charge in [0.15, 0.2) is 0 Å². The molecule has 0 heterocycles. The molecule has 9 nitrogen and oxygen atoms in total. The van der Waals surface area contributed by atoms with Crippen molar-refractivity contribution in [2.75, 3.05) is 19.8 Å². The average molecular weight is 433 g/mol. The van der Waals surface area contributed by atoms with Crippen LogP contribution in [0.5, 0.6) is 0 Å². The number of rotatable bonds is 13. The molecule has 0 amide bonds. The van der Waals surface area contributed by atoms with Crippen molar-refractivity contribution in [2.45, 2.75) is 35.0 Å². The number of aliphatic hydroxyl groups is 3. The summed E-state index contributed by atoms with van der Waals surface area (Å²) in [6.45, 7) is -2.70. The first-order valence-electron chi connectivity index (χ1n) is 7.47. The van der Waals surface area contributed by atoms with Crippen LogP contribution in [0.25, 0.3) is 0 Å². The normalized spacial score (nSPS) is 17.8. The third kappa shape index (κ3) is 5.20. The molecule has 0 radical (unpaired) electrons. The molecule has 0 fully saturated rings. The van der Waals surface area contributed by atoms with Crippen LogP contribution in [0.1, 0.15) is 19.3 Å². The lowest BCUT2D eigenvalue weighted by Crippen LogP contribution is -2.64. The van der Waals surface area contributed by atoms with Gasteiger partial charge >= 0.3 is 17.9 Å². The fourth-order valence-corrected chi connectivity index (χ4v) is 6.01. The van der Waals surface area contributed by atoms with E-state index in [0.29, 0.717) is 0 Å². The van der Waals surface area contributed by atoms with Gasteiger partial charge in [0.1, 0.15) is 0 Å². The van der Waals surface area contributed by atoms with E-state index in [1.54, 1.807) is 0 Å². The summed E-state index contributed by atoms with van der Waals surface area (Å²) in [5.74, 6) is -3.99. The van der Waals surface area contributed by atoms with Gasteiger partial charge in [-0.2, -0.15) is 37.9 Å². The zero-order valence-corrected chi connectivity index (χ0v) is 16.4. The molecule has 0 bridgehead atoms. The molecule has 0 rings (SSSR count). The molecule has 0 aliphatic rings. The van der Waals surface area contributed by atoms with Crippen molar-refractivity contribution < 1.29 is 45.0 Å². The van der Waals surface area contributed by atoms with Gasteiger partial charge in [0.2, 0.25) is 0 Å². The summed E-state index contributed by atoms with van der Waals surface area (Å²) in [6, 6.07) is 0. The van der Waals surface area contributed by atoms with Crippen LogP contribution in [0.2, 0.25) is 0 Å². The number of aliphatic carboxylic acids is 3. The summed E-state index contributed by atoms with van der Waals surface area (Å²) < 4.78 is 0. The predicted octanol–water partition coefficient (Wildman–Crippen LogP) is -0.745. The molecular weight excluding hydrogens is 408 g/mol. The molecule has 152 valence electrons. The van der Waals surface area contributed by atoms with Crippen molar-refractivity contribution in [1.82, 2.24) is 0 Å². The van der Waals surface area contributed by atoms with E-state index < -0.39 is 83.6 Å². The minimum absolute atomic E-state index is 0.668. The highest BCUT2D eigenvalue weighted by molar-refractivity contribution is 7.83. The summed E-state index contributed by atoms with van der Waals surface area (Å²) in [5, 5.41) is 53.3. The van der Waals surface area contributed by atoms with Crippen molar-refractivity contribution in [3.63, 3.8) is 0 Å². The maximum Gasteiger partial charge on any atom is 0.304 e. The van der Waals surface area contributed by atoms with Crippen LogP contribution in [0.15, 0.2) is 0 Å². The van der Waals surface area contributed by atoms with Crippen molar-refractivity contribution >= 4 is 55.8 Å². The first-order chi connectivity index (χ1) is 11.9. The Bertz CT molecular complexity index is 447. The molecule has 12 heteroatoms. The zero-order chi connectivity index (χ0) is 20.7. The molecule has 0 aliphatic carbocycles. The van der Waals surface area contributed by atoms with E-state index in [1.165, 1.54) is 0 Å². The Morgan fingerprint density at radius 1 is 0.654 bits per heavy atom. The molecule has 6 N–H and O–H groups in total. The van der Waals surface area contributed by atoms with Crippen LogP contribution >= 0.6 is 37.9 Å². The molecule has 26 heavy (non-hydrogen) atoms. The first-order valence-corrected chi connectivity index (χ1v) is 9.02. The summed E-state index contributed by atoms with van der Waals surface area (Å²) >= 11 is 12.7. The zero-order valence-electron chi connectivity index (χ0n) is 13.7. The second kappa shape index (κ2) is 10.6. The maximum absolute atomic E-state index is 11.2. The topological polar surface area (TPSA) is 173 Å². The smallest absolute Gasteiger partial charge is 0.304 e. The van der Waals surface area contributed by atoms with Gasteiger partial charge in [-0.1, -0.05) is 0 Å². The minimum Gasteiger partial charge on any atom is -0.481 e. The highest BCUT2D eigenvalue weighted by atomic mass is 32.1. The molecule has 0 spiro atoms. The van der Waals surface area contributed by atoms with Gasteiger partial charge < -0.3 is 30.6 Å². The molecule has 0 aliphatic heterocycles. The Hall–Kier alpha value is -0.660. The van der Waals surface area contributed by atoms with E-state index in [-0.39, 0.29) is 0 Å². The number of carboxylic acid groups (broad SMARTS) is 3. The molecular formula is C14H24O9S3. The third-order valence-electron chi connectivity index (χ3n) is 4.58. The van der Waals surface area contributed by atoms with Crippen LogP contribution < -0.4 is 0 Å². The van der Waals surface area contributed by atoms with Gasteiger partial charge in [0.25, 0.3) is 0 Å². The maximum atomic E-state index is 11.2. The second-order valence-corrected chi connectivity index (χ2v) is 7.90. The van der Waals surface area contributed by atoms with Crippen molar-refractivity contribution in [2.24, 2.45) is 10.8 Å². The summed E-state index contributed by atoms with van der Waals surface area (Å²) in [5.41, 5.74) is -3.76. The van der Waals surface area contributed by atoms with Crippen LogP contribution in [0.4, 0.5) is 0 Å². The predicted molar refractivity (Wildman–Crippen MR) is 101 cm³/mol. The van der Waals surface area contributed by atoms with Crippen LogP contribution in [-0.2, 0) is 14.4 Å². The number of thiol groups is 3. The van der Waals surface area contributed by atoms with Crippen LogP contribution in [0.3, 0.4) is 0 Å². The Morgan fingerprint density at radius 3 is 1.04 bits per heavy atom. The Kier molecular flexibility index (Phi) is 10.3. The van der Waals surface area contributed by atoms with Gasteiger partial charge in [0, 0.05) is 26.6 Å². The Labute approximate surface area is 166 Å². The van der Waals surface area contributed by atoms with Gasteiger partial charge in [-0.3, -0.25) is 14.4 Å². The first kappa shape index (κ1) is 25.3. The van der Waals surface area contributed by atoms with Crippen molar-refractivity contribution in [3.8, 4) is 0 Å². The quantitative estimate of drug-likeness (QED) is 0.170. The van der Waals surface area contributed by atoms with Gasteiger partial charge in [-0.25, -0.2) is 0 Å². The number of aliphatic hydroxyl groups excluding tert-OH is 3. The van der Waals surface area contributed by atoms with Crippen molar-refractivity contribution in [3.05, 3.63) is 0 Å². The third-order valence-corrected chi connectivity index (χ3v) is 6.41. The number of carboxylic acids is 3. The second-order valence-electron chi connectivity index (χ2n) is 6.03. The molecule has 0 aromatic heterocycles. The van der Waals surface area contributed by atoms with Gasteiger partial charge in [-0.05, 0) is 0 Å². The fraction of sp³-hybridized carbons (Fsp3) is 0.786. The molecule has 3 unspecified atom stereocenters. The van der Waals surface area contributed by atoms with E-state index in [4.69, 9.17) is 15.3 Å². The SMILES string of the molecule is O=C(O)CC(S)C(C(S)CC(=O)O)(C(S)CC(=O)O)C(CO)(CO)CO.